The number of nitrogens with one attached hydrogen (secondary N) is 2. The van der Waals surface area contributed by atoms with Crippen LogP contribution in [0.3, 0.4) is 0 Å². The maximum atomic E-state index is 12.2. The highest BCUT2D eigenvalue weighted by molar-refractivity contribution is 5.96. The molecule has 240 valence electrons. The fourth-order valence-corrected chi connectivity index (χ4v) is 6.05. The number of methoxy groups -OCH3 is 3. The molecule has 0 radical (unpaired) electrons. The second-order valence-electron chi connectivity index (χ2n) is 11.7. The third-order valence-corrected chi connectivity index (χ3v) is 8.86. The molecule has 46 heavy (non-hydrogen) atoms. The topological polar surface area (TPSA) is 136 Å². The van der Waals surface area contributed by atoms with Crippen LogP contribution < -0.4 is 0 Å². The van der Waals surface area contributed by atoms with E-state index in [9.17, 15) is 14.4 Å². The lowest BCUT2D eigenvalue weighted by molar-refractivity contribution is -0.141. The Bertz CT molecular complexity index is 1960. The smallest absolute Gasteiger partial charge is 0.305 e. The maximum absolute atomic E-state index is 12.2. The van der Waals surface area contributed by atoms with Crippen molar-refractivity contribution in [2.45, 2.75) is 66.2 Å². The van der Waals surface area contributed by atoms with Gasteiger partial charge in [0, 0.05) is 41.3 Å². The minimum Gasteiger partial charge on any atom is -0.469 e. The van der Waals surface area contributed by atoms with Crippen molar-refractivity contribution in [1.29, 1.82) is 0 Å². The Morgan fingerprint density at radius 3 is 1.61 bits per heavy atom. The van der Waals surface area contributed by atoms with E-state index in [1.165, 1.54) is 21.3 Å². The molecule has 0 saturated carbocycles. The largest absolute Gasteiger partial charge is 0.469 e. The first-order valence-electron chi connectivity index (χ1n) is 15.4. The number of carbonyl (C=O) groups is 3. The molecule has 5 rings (SSSR count). The molecule has 0 fully saturated rings. The first kappa shape index (κ1) is 32.4. The number of carbonyl (C=O) groups excluding carboxylic acids is 3. The van der Waals surface area contributed by atoms with Crippen molar-refractivity contribution in [1.82, 2.24) is 19.9 Å². The van der Waals surface area contributed by atoms with E-state index in [0.29, 0.717) is 25.0 Å². The van der Waals surface area contributed by atoms with Crippen molar-refractivity contribution < 1.29 is 28.6 Å². The molecule has 0 saturated heterocycles. The quantitative estimate of drug-likeness (QED) is 0.196. The number of fused-ring (bicyclic) bond motifs is 8. The summed E-state index contributed by atoms with van der Waals surface area (Å²) >= 11 is 0. The summed E-state index contributed by atoms with van der Waals surface area (Å²) in [6, 6.07) is 10.1. The molecule has 0 atom stereocenters. The fourth-order valence-electron chi connectivity index (χ4n) is 6.05. The van der Waals surface area contributed by atoms with Crippen molar-refractivity contribution in [2.24, 2.45) is 0 Å². The second-order valence-corrected chi connectivity index (χ2v) is 11.7. The zero-order valence-electron chi connectivity index (χ0n) is 27.5. The Hall–Kier alpha value is -4.99. The summed E-state index contributed by atoms with van der Waals surface area (Å²) in [5.41, 5.74) is 13.4. The summed E-state index contributed by atoms with van der Waals surface area (Å²) in [4.78, 5) is 53.7. The van der Waals surface area contributed by atoms with Crippen LogP contribution in [0, 0.1) is 13.8 Å². The molecule has 0 amide bonds. The Labute approximate surface area is 267 Å². The number of H-pyrrole nitrogens is 2. The van der Waals surface area contributed by atoms with Crippen molar-refractivity contribution in [3.05, 3.63) is 69.8 Å². The predicted octanol–water partition coefficient (Wildman–Crippen LogP) is 6.81. The van der Waals surface area contributed by atoms with Gasteiger partial charge in [-0.2, -0.15) is 0 Å². The molecule has 2 aliphatic rings. The van der Waals surface area contributed by atoms with E-state index in [1.54, 1.807) is 0 Å². The van der Waals surface area contributed by atoms with Crippen LogP contribution >= 0.6 is 0 Å². The zero-order chi connectivity index (χ0) is 33.1. The lowest BCUT2D eigenvalue weighted by atomic mass is 9.98. The molecule has 10 nitrogen and oxygen atoms in total. The number of hydrogen-bond donors (Lipinski definition) is 2. The van der Waals surface area contributed by atoms with Crippen molar-refractivity contribution in [3.8, 4) is 0 Å². The summed E-state index contributed by atoms with van der Waals surface area (Å²) in [6.07, 6.45) is 2.04. The van der Waals surface area contributed by atoms with Crippen LogP contribution in [0.5, 0.6) is 0 Å². The third-order valence-electron chi connectivity index (χ3n) is 8.86. The Balaban J connectivity index is 1.83. The number of aryl methyl sites for hydroxylation is 3. The maximum Gasteiger partial charge on any atom is 0.305 e. The highest BCUT2D eigenvalue weighted by atomic mass is 16.5. The second kappa shape index (κ2) is 13.6. The van der Waals surface area contributed by atoms with Gasteiger partial charge in [-0.25, -0.2) is 9.97 Å². The molecule has 2 N–H and O–H groups in total. The molecular formula is C36H40N4O6. The molecule has 3 aromatic heterocycles. The molecule has 0 aliphatic carbocycles. The number of esters is 3. The van der Waals surface area contributed by atoms with E-state index in [0.717, 1.165) is 78.1 Å². The molecule has 2 aliphatic heterocycles. The Kier molecular flexibility index (Phi) is 9.55. The molecular weight excluding hydrogens is 584 g/mol. The van der Waals surface area contributed by atoms with Gasteiger partial charge in [0.25, 0.3) is 0 Å². The Morgan fingerprint density at radius 1 is 0.587 bits per heavy atom. The van der Waals surface area contributed by atoms with Gasteiger partial charge in [-0.3, -0.25) is 14.4 Å². The van der Waals surface area contributed by atoms with Crippen LogP contribution in [0.1, 0.15) is 85.4 Å². The van der Waals surface area contributed by atoms with Crippen molar-refractivity contribution in [3.63, 3.8) is 0 Å². The number of nitrogens with zero attached hydrogens (tertiary/aromatic N) is 2. The fraction of sp³-hybridized carbons (Fsp3) is 0.361. The van der Waals surface area contributed by atoms with Crippen LogP contribution in [0.2, 0.25) is 0 Å². The highest BCUT2D eigenvalue weighted by Crippen LogP contribution is 2.38. The molecule has 0 aromatic carbocycles. The third kappa shape index (κ3) is 6.66. The monoisotopic (exact) mass is 624 g/mol. The number of ether oxygens (including phenoxy) is 3. The van der Waals surface area contributed by atoms with Gasteiger partial charge in [0.2, 0.25) is 0 Å². The highest BCUT2D eigenvalue weighted by Gasteiger charge is 2.23. The van der Waals surface area contributed by atoms with Crippen LogP contribution in [0.25, 0.3) is 44.4 Å². The number of aromatic amines is 2. The minimum atomic E-state index is -0.306. The predicted molar refractivity (Wildman–Crippen MR) is 178 cm³/mol. The van der Waals surface area contributed by atoms with Gasteiger partial charge < -0.3 is 24.2 Å². The van der Waals surface area contributed by atoms with E-state index >= 15 is 0 Å². The van der Waals surface area contributed by atoms with Gasteiger partial charge in [-0.05, 0) is 116 Å². The van der Waals surface area contributed by atoms with Gasteiger partial charge in [-0.1, -0.05) is 0 Å². The number of allylic oxidation sites excluding steroid dienone is 4. The van der Waals surface area contributed by atoms with E-state index < -0.39 is 0 Å². The molecule has 8 bridgehead atoms. The summed E-state index contributed by atoms with van der Waals surface area (Å²) in [5.74, 6) is -0.878. The summed E-state index contributed by atoms with van der Waals surface area (Å²) < 4.78 is 14.8. The van der Waals surface area contributed by atoms with E-state index in [-0.39, 0.29) is 37.2 Å². The average Bonchev–Trinajstić information content (AvgIpc) is 3.72. The molecule has 0 spiro atoms. The lowest BCUT2D eigenvalue weighted by Gasteiger charge is -2.06. The standard InChI is InChI=1S/C36H40N4O6/c1-19-14-23-15-28-20(2)24(8-11-34(41)44-5)31(38-28)17-30-22(4)26(10-13-36(43)46-7)33(40-30)18-32-25(9-12-35(42)45-6)21(3)29(39-32)16-27(19)37-23/h14-18,37-38H,8-13H2,1-7H3. The SMILES string of the molecule is COC(=O)CCC1=C(C)c2cc3[nH]c(cc3C)cc3[nH]c(cc4nc(cc1n2)C(CCC(=O)OC)=C4C)c(CCC(=O)OC)c3C. The van der Waals surface area contributed by atoms with E-state index in [1.807, 2.05) is 45.9 Å². The van der Waals surface area contributed by atoms with Crippen LogP contribution in [-0.4, -0.2) is 59.2 Å². The molecule has 10 heteroatoms. The van der Waals surface area contributed by atoms with Crippen LogP contribution in [-0.2, 0) is 35.0 Å². The molecule has 3 aromatic rings. The van der Waals surface area contributed by atoms with E-state index in [2.05, 4.69) is 22.1 Å². The molecule has 5 heterocycles. The Morgan fingerprint density at radius 2 is 1.09 bits per heavy atom. The number of rotatable bonds is 9. The van der Waals surface area contributed by atoms with Crippen molar-refractivity contribution in [2.75, 3.05) is 21.3 Å². The average molecular weight is 625 g/mol. The van der Waals surface area contributed by atoms with Gasteiger partial charge in [0.1, 0.15) is 0 Å². The van der Waals surface area contributed by atoms with Crippen LogP contribution in [0.4, 0.5) is 0 Å². The number of hydrogen-bond acceptors (Lipinski definition) is 8. The van der Waals surface area contributed by atoms with Gasteiger partial charge in [-0.15, -0.1) is 0 Å². The summed E-state index contributed by atoms with van der Waals surface area (Å²) in [6.45, 7) is 8.11. The van der Waals surface area contributed by atoms with Crippen LogP contribution in [0.15, 0.2) is 30.3 Å². The summed E-state index contributed by atoms with van der Waals surface area (Å²) in [5, 5.41) is 0. The summed E-state index contributed by atoms with van der Waals surface area (Å²) in [7, 11) is 4.16. The number of aromatic nitrogens is 4. The van der Waals surface area contributed by atoms with Crippen molar-refractivity contribution >= 4 is 62.3 Å². The minimum absolute atomic E-state index is 0.199. The normalized spacial score (nSPS) is 12.8. The van der Waals surface area contributed by atoms with Gasteiger partial charge in [0.15, 0.2) is 0 Å². The van der Waals surface area contributed by atoms with Gasteiger partial charge >= 0.3 is 17.9 Å². The zero-order valence-corrected chi connectivity index (χ0v) is 27.5. The molecule has 0 unspecified atom stereocenters. The first-order valence-corrected chi connectivity index (χ1v) is 15.4. The van der Waals surface area contributed by atoms with Gasteiger partial charge in [0.05, 0.1) is 44.1 Å². The first-order chi connectivity index (χ1) is 22.0. The lowest BCUT2D eigenvalue weighted by Crippen LogP contribution is -2.02. The van der Waals surface area contributed by atoms with E-state index in [4.69, 9.17) is 24.2 Å².